The minimum Gasteiger partial charge on any atom is -0.335 e. The lowest BCUT2D eigenvalue weighted by Crippen LogP contribution is -2.30. The number of thiophene rings is 1. The quantitative estimate of drug-likeness (QED) is 0.721. The van der Waals surface area contributed by atoms with Gasteiger partial charge in [-0.2, -0.15) is 10.1 Å². The van der Waals surface area contributed by atoms with Crippen molar-refractivity contribution in [3.63, 3.8) is 0 Å². The maximum Gasteiger partial charge on any atom is 0.252 e. The molecular formula is C18H21N5OS. The molecule has 0 radical (unpaired) electrons. The van der Waals surface area contributed by atoms with E-state index >= 15 is 0 Å². The zero-order valence-electron chi connectivity index (χ0n) is 14.5. The largest absolute Gasteiger partial charge is 0.335 e. The molecule has 1 atom stereocenters. The molecule has 25 heavy (non-hydrogen) atoms. The van der Waals surface area contributed by atoms with Gasteiger partial charge in [-0.1, -0.05) is 6.07 Å². The predicted molar refractivity (Wildman–Crippen MR) is 96.6 cm³/mol. The van der Waals surface area contributed by atoms with E-state index in [1.807, 2.05) is 13.8 Å². The Hall–Kier alpha value is -2.28. The molecule has 3 aromatic rings. The van der Waals surface area contributed by atoms with Gasteiger partial charge in [0.15, 0.2) is 0 Å². The average Bonchev–Trinajstić information content (AvgIpc) is 3.33. The van der Waals surface area contributed by atoms with Crippen molar-refractivity contribution in [3.05, 3.63) is 45.7 Å². The highest BCUT2D eigenvalue weighted by Crippen LogP contribution is 2.35. The second-order valence-corrected chi connectivity index (χ2v) is 7.47. The van der Waals surface area contributed by atoms with Gasteiger partial charge >= 0.3 is 0 Å². The van der Waals surface area contributed by atoms with Crippen molar-refractivity contribution in [2.24, 2.45) is 0 Å². The Morgan fingerprint density at radius 2 is 2.28 bits per heavy atom. The minimum absolute atomic E-state index is 0.230. The Kier molecular flexibility index (Phi) is 4.25. The third-order valence-corrected chi connectivity index (χ3v) is 6.00. The molecule has 1 aliphatic heterocycles. The van der Waals surface area contributed by atoms with Crippen LogP contribution in [0.15, 0.2) is 23.8 Å². The van der Waals surface area contributed by atoms with E-state index in [4.69, 9.17) is 0 Å². The summed E-state index contributed by atoms with van der Waals surface area (Å²) in [4.78, 5) is 24.8. The minimum atomic E-state index is 0.230. The van der Waals surface area contributed by atoms with Gasteiger partial charge in [0.1, 0.15) is 6.33 Å². The highest BCUT2D eigenvalue weighted by atomic mass is 32.1. The van der Waals surface area contributed by atoms with Crippen molar-refractivity contribution in [2.45, 2.75) is 45.6 Å². The molecule has 4 rings (SSSR count). The van der Waals surface area contributed by atoms with Gasteiger partial charge in [0.05, 0.1) is 6.04 Å². The highest BCUT2D eigenvalue weighted by Gasteiger charge is 2.30. The second-order valence-electron chi connectivity index (χ2n) is 6.49. The van der Waals surface area contributed by atoms with Crippen LogP contribution in [-0.4, -0.2) is 36.9 Å². The van der Waals surface area contributed by atoms with Gasteiger partial charge in [0.2, 0.25) is 5.91 Å². The van der Waals surface area contributed by atoms with Gasteiger partial charge in [0.25, 0.3) is 5.78 Å². The van der Waals surface area contributed by atoms with Crippen molar-refractivity contribution >= 4 is 23.0 Å². The summed E-state index contributed by atoms with van der Waals surface area (Å²) >= 11 is 1.74. The smallest absolute Gasteiger partial charge is 0.252 e. The lowest BCUT2D eigenvalue weighted by atomic mass is 10.1. The molecule has 0 saturated carbocycles. The number of fused-ring (bicyclic) bond motifs is 1. The Morgan fingerprint density at radius 1 is 1.40 bits per heavy atom. The summed E-state index contributed by atoms with van der Waals surface area (Å²) in [6.07, 6.45) is 4.85. The molecule has 0 spiro atoms. The molecule has 1 fully saturated rings. The first-order valence-corrected chi connectivity index (χ1v) is 9.52. The Bertz CT molecular complexity index is 902. The van der Waals surface area contributed by atoms with Crippen molar-refractivity contribution in [3.8, 4) is 0 Å². The zero-order valence-corrected chi connectivity index (χ0v) is 15.3. The number of hydrogen-bond donors (Lipinski definition) is 0. The number of aromatic nitrogens is 4. The molecular weight excluding hydrogens is 334 g/mol. The van der Waals surface area contributed by atoms with Gasteiger partial charge in [-0.05, 0) is 50.1 Å². The fraction of sp³-hybridized carbons (Fsp3) is 0.444. The predicted octanol–water partition coefficient (Wildman–Crippen LogP) is 3.10. The second kappa shape index (κ2) is 6.55. The van der Waals surface area contributed by atoms with E-state index in [9.17, 15) is 4.79 Å². The number of carbonyl (C=O) groups excluding carboxylic acids is 1. The molecule has 6 nitrogen and oxygen atoms in total. The molecule has 1 unspecified atom stereocenters. The lowest BCUT2D eigenvalue weighted by molar-refractivity contribution is -0.132. The summed E-state index contributed by atoms with van der Waals surface area (Å²) in [6, 6.07) is 4.45. The molecule has 3 aromatic heterocycles. The van der Waals surface area contributed by atoms with Crippen LogP contribution in [0.3, 0.4) is 0 Å². The van der Waals surface area contributed by atoms with Crippen molar-refractivity contribution in [2.75, 3.05) is 6.54 Å². The number of nitrogens with zero attached hydrogens (tertiary/aromatic N) is 5. The molecule has 0 bridgehead atoms. The summed E-state index contributed by atoms with van der Waals surface area (Å²) in [7, 11) is 0. The number of carbonyl (C=O) groups is 1. The first kappa shape index (κ1) is 16.2. The highest BCUT2D eigenvalue weighted by molar-refractivity contribution is 7.10. The maximum atomic E-state index is 12.8. The van der Waals surface area contributed by atoms with Crippen molar-refractivity contribution in [1.29, 1.82) is 0 Å². The van der Waals surface area contributed by atoms with Crippen LogP contribution in [0.2, 0.25) is 0 Å². The van der Waals surface area contributed by atoms with E-state index in [1.165, 1.54) is 11.2 Å². The van der Waals surface area contributed by atoms with Crippen LogP contribution in [0.5, 0.6) is 0 Å². The van der Waals surface area contributed by atoms with Crippen LogP contribution >= 0.6 is 11.3 Å². The third-order valence-electron chi connectivity index (χ3n) is 5.02. The molecule has 0 aliphatic carbocycles. The van der Waals surface area contributed by atoms with Gasteiger partial charge in [-0.25, -0.2) is 9.50 Å². The normalized spacial score (nSPS) is 17.5. The van der Waals surface area contributed by atoms with Crippen LogP contribution in [0.25, 0.3) is 5.78 Å². The topological polar surface area (TPSA) is 63.4 Å². The summed E-state index contributed by atoms with van der Waals surface area (Å²) in [5.74, 6) is 0.843. The Morgan fingerprint density at radius 3 is 3.08 bits per heavy atom. The first-order valence-electron chi connectivity index (χ1n) is 8.64. The van der Waals surface area contributed by atoms with E-state index in [1.54, 1.807) is 15.9 Å². The Labute approximate surface area is 150 Å². The van der Waals surface area contributed by atoms with Crippen molar-refractivity contribution < 1.29 is 4.79 Å². The standard InChI is InChI=1S/C18H21N5OS/c1-12-14(13(2)23-18(21-12)19-11-20-23)7-8-17(24)22-9-3-5-15(22)16-6-4-10-25-16/h4,6,10-11,15H,3,5,7-9H2,1-2H3. The number of likely N-dealkylation sites (tertiary alicyclic amines) is 1. The van der Waals surface area contributed by atoms with Gasteiger partial charge in [0, 0.05) is 29.2 Å². The number of hydrogen-bond acceptors (Lipinski definition) is 5. The van der Waals surface area contributed by atoms with Gasteiger partial charge in [-0.15, -0.1) is 11.3 Å². The Balaban J connectivity index is 1.50. The van der Waals surface area contributed by atoms with Crippen LogP contribution in [0.4, 0.5) is 0 Å². The van der Waals surface area contributed by atoms with Crippen LogP contribution < -0.4 is 0 Å². The number of rotatable bonds is 4. The van der Waals surface area contributed by atoms with Crippen molar-refractivity contribution in [1.82, 2.24) is 24.5 Å². The lowest BCUT2D eigenvalue weighted by Gasteiger charge is -2.24. The molecule has 0 aromatic carbocycles. The van der Waals surface area contributed by atoms with E-state index < -0.39 is 0 Å². The van der Waals surface area contributed by atoms with E-state index in [0.29, 0.717) is 18.6 Å². The molecule has 7 heteroatoms. The van der Waals surface area contributed by atoms with E-state index in [0.717, 1.165) is 36.3 Å². The molecule has 4 heterocycles. The number of aryl methyl sites for hydroxylation is 2. The SMILES string of the molecule is Cc1nc2ncnn2c(C)c1CCC(=O)N1CCCC1c1cccs1. The monoisotopic (exact) mass is 355 g/mol. The molecule has 1 amide bonds. The maximum absolute atomic E-state index is 12.8. The van der Waals surface area contributed by atoms with Crippen LogP contribution in [0, 0.1) is 13.8 Å². The molecule has 1 aliphatic rings. The summed E-state index contributed by atoms with van der Waals surface area (Å²) in [5, 5.41) is 6.30. The van der Waals surface area contributed by atoms with Crippen LogP contribution in [-0.2, 0) is 11.2 Å². The third kappa shape index (κ3) is 2.93. The summed E-state index contributed by atoms with van der Waals surface area (Å²) in [6.45, 7) is 4.85. The number of amides is 1. The molecule has 1 saturated heterocycles. The van der Waals surface area contributed by atoms with Gasteiger partial charge in [-0.3, -0.25) is 4.79 Å². The summed E-state index contributed by atoms with van der Waals surface area (Å²) in [5.41, 5.74) is 3.05. The first-order chi connectivity index (χ1) is 12.1. The van der Waals surface area contributed by atoms with E-state index in [2.05, 4.69) is 37.5 Å². The van der Waals surface area contributed by atoms with Gasteiger partial charge < -0.3 is 4.90 Å². The van der Waals surface area contributed by atoms with E-state index in [-0.39, 0.29) is 11.9 Å². The fourth-order valence-electron chi connectivity index (χ4n) is 3.73. The fourth-order valence-corrected chi connectivity index (χ4v) is 4.61. The molecule has 0 N–H and O–H groups in total. The van der Waals surface area contributed by atoms with Crippen LogP contribution in [0.1, 0.15) is 47.1 Å². The molecule has 130 valence electrons. The zero-order chi connectivity index (χ0) is 17.4. The average molecular weight is 355 g/mol. The summed E-state index contributed by atoms with van der Waals surface area (Å²) < 4.78 is 1.75.